The molecular formula is C15H16FN5O2S. The van der Waals surface area contributed by atoms with E-state index in [9.17, 15) is 12.8 Å². The van der Waals surface area contributed by atoms with Gasteiger partial charge in [-0.3, -0.25) is 14.1 Å². The topological polar surface area (TPSA) is 81.8 Å². The molecule has 0 aliphatic heterocycles. The van der Waals surface area contributed by atoms with Crippen LogP contribution in [0.5, 0.6) is 0 Å². The molecule has 0 bridgehead atoms. The Labute approximate surface area is 138 Å². The van der Waals surface area contributed by atoms with Crippen LogP contribution in [0.4, 0.5) is 10.1 Å². The maximum atomic E-state index is 12.9. The van der Waals surface area contributed by atoms with Crippen molar-refractivity contribution in [2.45, 2.75) is 24.9 Å². The molecule has 3 rings (SSSR count). The lowest BCUT2D eigenvalue weighted by Gasteiger charge is -2.03. The van der Waals surface area contributed by atoms with E-state index in [0.717, 1.165) is 5.56 Å². The highest BCUT2D eigenvalue weighted by atomic mass is 32.2. The molecule has 9 heteroatoms. The molecule has 2 aromatic heterocycles. The van der Waals surface area contributed by atoms with Crippen LogP contribution in [-0.4, -0.2) is 28.0 Å². The van der Waals surface area contributed by atoms with Gasteiger partial charge in [-0.15, -0.1) is 0 Å². The quantitative estimate of drug-likeness (QED) is 0.739. The zero-order valence-corrected chi connectivity index (χ0v) is 13.7. The van der Waals surface area contributed by atoms with Crippen molar-refractivity contribution in [1.29, 1.82) is 0 Å². The van der Waals surface area contributed by atoms with Gasteiger partial charge >= 0.3 is 0 Å². The maximum absolute atomic E-state index is 12.9. The monoisotopic (exact) mass is 349 g/mol. The molecule has 0 saturated carbocycles. The third-order valence-electron chi connectivity index (χ3n) is 3.39. The van der Waals surface area contributed by atoms with Crippen LogP contribution in [0.2, 0.25) is 0 Å². The van der Waals surface area contributed by atoms with E-state index in [1.807, 2.05) is 6.92 Å². The van der Waals surface area contributed by atoms with E-state index in [1.165, 1.54) is 35.4 Å². The Kier molecular flexibility index (Phi) is 4.34. The third-order valence-corrected chi connectivity index (χ3v) is 4.72. The standard InChI is InChI=1S/C15H16FN5O2S/c1-2-20-11-15(8-18-20)24(22,23)19-14-7-17-21(10-14)9-12-3-5-13(16)6-4-12/h3-8,10-11,19H,2,9H2,1H3. The summed E-state index contributed by atoms with van der Waals surface area (Å²) in [6.45, 7) is 2.87. The first kappa shape index (κ1) is 16.2. The summed E-state index contributed by atoms with van der Waals surface area (Å²) in [7, 11) is -3.70. The molecule has 3 aromatic rings. The van der Waals surface area contributed by atoms with Crippen molar-refractivity contribution >= 4 is 15.7 Å². The number of nitrogens with one attached hydrogen (secondary N) is 1. The van der Waals surface area contributed by atoms with Crippen LogP contribution >= 0.6 is 0 Å². The van der Waals surface area contributed by atoms with Crippen molar-refractivity contribution in [2.24, 2.45) is 0 Å². The van der Waals surface area contributed by atoms with E-state index in [-0.39, 0.29) is 10.7 Å². The van der Waals surface area contributed by atoms with E-state index in [2.05, 4.69) is 14.9 Å². The Bertz CT molecular complexity index is 931. The van der Waals surface area contributed by atoms with Crippen molar-refractivity contribution in [3.05, 3.63) is 60.4 Å². The molecule has 0 atom stereocenters. The van der Waals surface area contributed by atoms with Gasteiger partial charge in [0.2, 0.25) is 0 Å². The molecule has 0 aliphatic carbocycles. The second kappa shape index (κ2) is 6.44. The summed E-state index contributed by atoms with van der Waals surface area (Å²) >= 11 is 0. The lowest BCUT2D eigenvalue weighted by molar-refractivity contribution is 0.600. The average molecular weight is 349 g/mol. The Morgan fingerprint density at radius 3 is 2.46 bits per heavy atom. The van der Waals surface area contributed by atoms with Gasteiger partial charge in [0, 0.05) is 18.9 Å². The minimum Gasteiger partial charge on any atom is -0.276 e. The minimum absolute atomic E-state index is 0.0932. The lowest BCUT2D eigenvalue weighted by Crippen LogP contribution is -2.12. The van der Waals surface area contributed by atoms with E-state index in [0.29, 0.717) is 18.8 Å². The number of hydrogen-bond acceptors (Lipinski definition) is 4. The van der Waals surface area contributed by atoms with Gasteiger partial charge in [0.25, 0.3) is 10.0 Å². The number of halogens is 1. The van der Waals surface area contributed by atoms with Gasteiger partial charge in [-0.05, 0) is 24.6 Å². The molecule has 1 N–H and O–H groups in total. The van der Waals surface area contributed by atoms with E-state index < -0.39 is 10.0 Å². The van der Waals surface area contributed by atoms with Crippen molar-refractivity contribution in [3.63, 3.8) is 0 Å². The number of aromatic nitrogens is 4. The van der Waals surface area contributed by atoms with Crippen molar-refractivity contribution in [1.82, 2.24) is 19.6 Å². The fraction of sp³-hybridized carbons (Fsp3) is 0.200. The van der Waals surface area contributed by atoms with Crippen LogP contribution in [0.25, 0.3) is 0 Å². The van der Waals surface area contributed by atoms with Crippen LogP contribution in [0, 0.1) is 5.82 Å². The highest BCUT2D eigenvalue weighted by molar-refractivity contribution is 7.92. The molecule has 24 heavy (non-hydrogen) atoms. The van der Waals surface area contributed by atoms with Gasteiger partial charge in [0.05, 0.1) is 24.6 Å². The van der Waals surface area contributed by atoms with Crippen molar-refractivity contribution < 1.29 is 12.8 Å². The molecule has 0 amide bonds. The summed E-state index contributed by atoms with van der Waals surface area (Å²) in [5, 5.41) is 8.07. The van der Waals surface area contributed by atoms with Crippen LogP contribution < -0.4 is 4.72 Å². The lowest BCUT2D eigenvalue weighted by atomic mass is 10.2. The second-order valence-electron chi connectivity index (χ2n) is 5.19. The number of aryl methyl sites for hydroxylation is 1. The molecule has 0 saturated heterocycles. The number of sulfonamides is 1. The number of anilines is 1. The molecule has 0 aliphatic rings. The largest absolute Gasteiger partial charge is 0.276 e. The molecule has 0 spiro atoms. The van der Waals surface area contributed by atoms with Crippen LogP contribution in [0.3, 0.4) is 0 Å². The van der Waals surface area contributed by atoms with Gasteiger partial charge in [-0.2, -0.15) is 10.2 Å². The first-order valence-corrected chi connectivity index (χ1v) is 8.77. The Morgan fingerprint density at radius 1 is 1.08 bits per heavy atom. The number of benzene rings is 1. The van der Waals surface area contributed by atoms with Crippen molar-refractivity contribution in [2.75, 3.05) is 4.72 Å². The second-order valence-corrected chi connectivity index (χ2v) is 6.87. The van der Waals surface area contributed by atoms with Crippen LogP contribution in [-0.2, 0) is 23.1 Å². The normalized spacial score (nSPS) is 11.6. The molecular weight excluding hydrogens is 333 g/mol. The van der Waals surface area contributed by atoms with Gasteiger partial charge in [-0.25, -0.2) is 12.8 Å². The highest BCUT2D eigenvalue weighted by Crippen LogP contribution is 2.15. The fourth-order valence-corrected chi connectivity index (χ4v) is 3.13. The first-order chi connectivity index (χ1) is 11.5. The SMILES string of the molecule is CCn1cc(S(=O)(=O)Nc2cnn(Cc3ccc(F)cc3)c2)cn1. The first-order valence-electron chi connectivity index (χ1n) is 7.28. The van der Waals surface area contributed by atoms with Gasteiger partial charge in [0.15, 0.2) is 0 Å². The summed E-state index contributed by atoms with van der Waals surface area (Å²) in [6.07, 6.45) is 5.76. The van der Waals surface area contributed by atoms with E-state index >= 15 is 0 Å². The summed E-state index contributed by atoms with van der Waals surface area (Å²) in [5.74, 6) is -0.305. The Hall–Kier alpha value is -2.68. The van der Waals surface area contributed by atoms with Gasteiger partial charge < -0.3 is 0 Å². The maximum Gasteiger partial charge on any atom is 0.265 e. The summed E-state index contributed by atoms with van der Waals surface area (Å²) < 4.78 is 43.1. The fourth-order valence-electron chi connectivity index (χ4n) is 2.15. The average Bonchev–Trinajstić information content (AvgIpc) is 3.19. The van der Waals surface area contributed by atoms with Gasteiger partial charge in [0.1, 0.15) is 10.7 Å². The Morgan fingerprint density at radius 2 is 1.79 bits per heavy atom. The van der Waals surface area contributed by atoms with Crippen molar-refractivity contribution in [3.8, 4) is 0 Å². The molecule has 2 heterocycles. The zero-order valence-electron chi connectivity index (χ0n) is 12.9. The van der Waals surface area contributed by atoms with E-state index in [4.69, 9.17) is 0 Å². The third kappa shape index (κ3) is 3.62. The van der Waals surface area contributed by atoms with Gasteiger partial charge in [-0.1, -0.05) is 12.1 Å². The number of rotatable bonds is 6. The smallest absolute Gasteiger partial charge is 0.265 e. The Balaban J connectivity index is 1.72. The number of nitrogens with zero attached hydrogens (tertiary/aromatic N) is 4. The molecule has 126 valence electrons. The molecule has 0 fully saturated rings. The van der Waals surface area contributed by atoms with Crippen LogP contribution in [0.15, 0.2) is 53.9 Å². The molecule has 1 aromatic carbocycles. The molecule has 7 nitrogen and oxygen atoms in total. The highest BCUT2D eigenvalue weighted by Gasteiger charge is 2.17. The molecule has 0 unspecified atom stereocenters. The summed E-state index contributed by atoms with van der Waals surface area (Å²) in [5.41, 5.74) is 1.21. The molecule has 0 radical (unpaired) electrons. The summed E-state index contributed by atoms with van der Waals surface area (Å²) in [4.78, 5) is 0.0932. The van der Waals surface area contributed by atoms with E-state index in [1.54, 1.807) is 23.0 Å². The minimum atomic E-state index is -3.70. The number of hydrogen-bond donors (Lipinski definition) is 1. The predicted molar refractivity (Wildman–Crippen MR) is 86.4 cm³/mol. The predicted octanol–water partition coefficient (Wildman–Crippen LogP) is 2.09. The van der Waals surface area contributed by atoms with Crippen LogP contribution in [0.1, 0.15) is 12.5 Å². The zero-order chi connectivity index (χ0) is 17.2. The summed E-state index contributed by atoms with van der Waals surface area (Å²) in [6, 6.07) is 6.04.